The number of carbonyl (C=O) groups is 2. The molecule has 1 aliphatic heterocycles. The van der Waals surface area contributed by atoms with Crippen LogP contribution in [-0.2, 0) is 4.74 Å². The Kier molecular flexibility index (Phi) is 4.52. The summed E-state index contributed by atoms with van der Waals surface area (Å²) in [7, 11) is 0. The van der Waals surface area contributed by atoms with Crippen molar-refractivity contribution in [3.63, 3.8) is 0 Å². The number of carboxylic acid groups (broad SMARTS) is 1. The molecule has 2 atom stereocenters. The van der Waals surface area contributed by atoms with Gasteiger partial charge < -0.3 is 14.7 Å². The monoisotopic (exact) mass is 327 g/mol. The maximum absolute atomic E-state index is 12.8. The molecule has 2 heterocycles. The largest absolute Gasteiger partial charge is 0.476 e. The van der Waals surface area contributed by atoms with Gasteiger partial charge in [0.05, 0.1) is 31.1 Å². The van der Waals surface area contributed by atoms with Crippen molar-refractivity contribution < 1.29 is 19.4 Å². The van der Waals surface area contributed by atoms with Crippen LogP contribution in [0.3, 0.4) is 0 Å². The van der Waals surface area contributed by atoms with Gasteiger partial charge in [-0.25, -0.2) is 14.8 Å². The van der Waals surface area contributed by atoms with E-state index in [-0.39, 0.29) is 29.4 Å². The summed E-state index contributed by atoms with van der Waals surface area (Å²) in [6.45, 7) is 2.74. The summed E-state index contributed by atoms with van der Waals surface area (Å²) in [6.07, 6.45) is 2.21. The predicted molar refractivity (Wildman–Crippen MR) is 84.6 cm³/mol. The van der Waals surface area contributed by atoms with Gasteiger partial charge in [-0.3, -0.25) is 4.79 Å². The average Bonchev–Trinajstić information content (AvgIpc) is 2.62. The number of ether oxygens (including phenoxy) is 1. The molecule has 1 fully saturated rings. The Hall–Kier alpha value is -2.80. The minimum atomic E-state index is -1.18. The molecule has 2 aromatic rings. The molecule has 24 heavy (non-hydrogen) atoms. The molecule has 1 amide bonds. The van der Waals surface area contributed by atoms with E-state index in [2.05, 4.69) is 9.97 Å². The van der Waals surface area contributed by atoms with Crippen molar-refractivity contribution in [3.05, 3.63) is 59.7 Å². The van der Waals surface area contributed by atoms with Gasteiger partial charge in [-0.05, 0) is 12.5 Å². The highest BCUT2D eigenvalue weighted by Gasteiger charge is 2.32. The number of nitrogens with zero attached hydrogens (tertiary/aromatic N) is 3. The molecule has 7 nitrogen and oxygen atoms in total. The molecule has 7 heteroatoms. The first kappa shape index (κ1) is 16.1. The molecular formula is C17H17N3O4. The van der Waals surface area contributed by atoms with E-state index in [4.69, 9.17) is 9.84 Å². The number of aromatic carboxylic acids is 1. The second-order valence-electron chi connectivity index (χ2n) is 5.62. The van der Waals surface area contributed by atoms with Crippen LogP contribution in [0.15, 0.2) is 42.7 Å². The third-order valence-corrected chi connectivity index (χ3v) is 3.90. The van der Waals surface area contributed by atoms with Gasteiger partial charge in [-0.15, -0.1) is 0 Å². The number of amides is 1. The van der Waals surface area contributed by atoms with Gasteiger partial charge in [0.15, 0.2) is 5.69 Å². The van der Waals surface area contributed by atoms with Crippen LogP contribution in [0.4, 0.5) is 0 Å². The van der Waals surface area contributed by atoms with Crippen molar-refractivity contribution in [2.45, 2.75) is 19.1 Å². The Morgan fingerprint density at radius 1 is 1.17 bits per heavy atom. The van der Waals surface area contributed by atoms with E-state index in [0.29, 0.717) is 13.2 Å². The van der Waals surface area contributed by atoms with E-state index in [0.717, 1.165) is 11.8 Å². The number of benzene rings is 1. The first-order chi connectivity index (χ1) is 11.6. The Bertz CT molecular complexity index is 733. The molecule has 1 aromatic carbocycles. The average molecular weight is 327 g/mol. The standard InChI is InChI=1S/C17H17N3O4/c1-11-9-20(15(10-24-11)12-5-3-2-4-6-12)16(21)13-7-19-14(8-18-13)17(22)23/h2-8,11,15H,9-10H2,1H3,(H,22,23). The molecule has 1 saturated heterocycles. The summed E-state index contributed by atoms with van der Waals surface area (Å²) < 4.78 is 5.70. The summed E-state index contributed by atoms with van der Waals surface area (Å²) in [6, 6.07) is 9.43. The highest BCUT2D eigenvalue weighted by molar-refractivity contribution is 5.93. The number of carboxylic acids is 1. The molecule has 124 valence electrons. The lowest BCUT2D eigenvalue weighted by atomic mass is 10.0. The number of hydrogen-bond acceptors (Lipinski definition) is 5. The van der Waals surface area contributed by atoms with Crippen molar-refractivity contribution in [3.8, 4) is 0 Å². The summed E-state index contributed by atoms with van der Waals surface area (Å²) >= 11 is 0. The highest BCUT2D eigenvalue weighted by atomic mass is 16.5. The quantitative estimate of drug-likeness (QED) is 0.924. The lowest BCUT2D eigenvalue weighted by molar-refractivity contribution is -0.0449. The van der Waals surface area contributed by atoms with E-state index in [9.17, 15) is 9.59 Å². The van der Waals surface area contributed by atoms with Crippen LogP contribution in [-0.4, -0.2) is 51.1 Å². The lowest BCUT2D eigenvalue weighted by Gasteiger charge is -2.38. The number of carbonyl (C=O) groups excluding carboxylic acids is 1. The molecule has 0 radical (unpaired) electrons. The fourth-order valence-electron chi connectivity index (χ4n) is 2.67. The van der Waals surface area contributed by atoms with E-state index < -0.39 is 5.97 Å². The molecule has 1 aromatic heterocycles. The predicted octanol–water partition coefficient (Wildman–Crippen LogP) is 1.78. The first-order valence-electron chi connectivity index (χ1n) is 7.59. The third kappa shape index (κ3) is 3.26. The van der Waals surface area contributed by atoms with E-state index >= 15 is 0 Å². The third-order valence-electron chi connectivity index (χ3n) is 3.90. The van der Waals surface area contributed by atoms with Gasteiger partial charge >= 0.3 is 5.97 Å². The number of aromatic nitrogens is 2. The van der Waals surface area contributed by atoms with Gasteiger partial charge in [0.25, 0.3) is 5.91 Å². The van der Waals surface area contributed by atoms with Crippen LogP contribution in [0.25, 0.3) is 0 Å². The van der Waals surface area contributed by atoms with Crippen LogP contribution >= 0.6 is 0 Å². The zero-order valence-corrected chi connectivity index (χ0v) is 13.1. The van der Waals surface area contributed by atoms with Crippen molar-refractivity contribution in [2.75, 3.05) is 13.2 Å². The Balaban J connectivity index is 1.88. The van der Waals surface area contributed by atoms with Gasteiger partial charge in [0, 0.05) is 6.54 Å². The normalized spacial score (nSPS) is 20.6. The maximum Gasteiger partial charge on any atom is 0.356 e. The summed E-state index contributed by atoms with van der Waals surface area (Å²) in [5.41, 5.74) is 0.907. The fraction of sp³-hybridized carbons (Fsp3) is 0.294. The maximum atomic E-state index is 12.8. The molecule has 2 unspecified atom stereocenters. The Labute approximate surface area is 138 Å². The number of rotatable bonds is 3. The van der Waals surface area contributed by atoms with Gasteiger partial charge in [0.2, 0.25) is 0 Å². The van der Waals surface area contributed by atoms with Gasteiger partial charge in [0.1, 0.15) is 5.69 Å². The van der Waals surface area contributed by atoms with Crippen LogP contribution < -0.4 is 0 Å². The molecule has 0 spiro atoms. The topological polar surface area (TPSA) is 92.6 Å². The molecule has 1 N–H and O–H groups in total. The van der Waals surface area contributed by atoms with Gasteiger partial charge in [-0.1, -0.05) is 30.3 Å². The Morgan fingerprint density at radius 3 is 2.46 bits per heavy atom. The number of hydrogen-bond donors (Lipinski definition) is 1. The smallest absolute Gasteiger partial charge is 0.356 e. The minimum absolute atomic E-state index is 0.0832. The van der Waals surface area contributed by atoms with E-state index in [1.165, 1.54) is 6.20 Å². The van der Waals surface area contributed by atoms with Crippen LogP contribution in [0.5, 0.6) is 0 Å². The second-order valence-corrected chi connectivity index (χ2v) is 5.62. The van der Waals surface area contributed by atoms with E-state index in [1.54, 1.807) is 4.90 Å². The molecule has 0 bridgehead atoms. The van der Waals surface area contributed by atoms with Crippen molar-refractivity contribution in [1.82, 2.24) is 14.9 Å². The number of morpholine rings is 1. The van der Waals surface area contributed by atoms with Crippen molar-refractivity contribution >= 4 is 11.9 Å². The van der Waals surface area contributed by atoms with E-state index in [1.807, 2.05) is 37.3 Å². The van der Waals surface area contributed by atoms with Gasteiger partial charge in [-0.2, -0.15) is 0 Å². The summed E-state index contributed by atoms with van der Waals surface area (Å²) in [5.74, 6) is -1.47. The zero-order chi connectivity index (χ0) is 17.1. The highest BCUT2D eigenvalue weighted by Crippen LogP contribution is 2.27. The molecular weight excluding hydrogens is 310 g/mol. The summed E-state index contributed by atoms with van der Waals surface area (Å²) in [5, 5.41) is 8.87. The molecule has 1 aliphatic rings. The minimum Gasteiger partial charge on any atom is -0.476 e. The van der Waals surface area contributed by atoms with Crippen LogP contribution in [0.1, 0.15) is 39.5 Å². The molecule has 0 aliphatic carbocycles. The van der Waals surface area contributed by atoms with Crippen LogP contribution in [0, 0.1) is 0 Å². The Morgan fingerprint density at radius 2 is 1.83 bits per heavy atom. The lowest BCUT2D eigenvalue weighted by Crippen LogP contribution is -2.47. The molecule has 0 saturated carbocycles. The van der Waals surface area contributed by atoms with Crippen molar-refractivity contribution in [2.24, 2.45) is 0 Å². The molecule has 3 rings (SSSR count). The summed E-state index contributed by atoms with van der Waals surface area (Å²) in [4.78, 5) is 33.1. The fourth-order valence-corrected chi connectivity index (χ4v) is 2.67. The zero-order valence-electron chi connectivity index (χ0n) is 13.1. The van der Waals surface area contributed by atoms with Crippen molar-refractivity contribution in [1.29, 1.82) is 0 Å². The SMILES string of the molecule is CC1CN(C(=O)c2cnc(C(=O)O)cn2)C(c2ccccc2)CO1. The first-order valence-corrected chi connectivity index (χ1v) is 7.59. The second kappa shape index (κ2) is 6.76. The van der Waals surface area contributed by atoms with Crippen LogP contribution in [0.2, 0.25) is 0 Å².